The molecule has 39 heavy (non-hydrogen) atoms. The van der Waals surface area contributed by atoms with Crippen LogP contribution in [0.4, 0.5) is 0 Å². The zero-order chi connectivity index (χ0) is 27.4. The number of rotatable bonds is 7. The quantitative estimate of drug-likeness (QED) is 0.451. The molecule has 0 amide bonds. The van der Waals surface area contributed by atoms with E-state index in [1.807, 2.05) is 18.2 Å². The molecule has 0 atom stereocenters. The van der Waals surface area contributed by atoms with E-state index in [9.17, 15) is 12.6 Å². The number of sulfonamides is 1. The molecule has 0 unspecified atom stereocenters. The molecule has 0 radical (unpaired) electrons. The van der Waals surface area contributed by atoms with Crippen molar-refractivity contribution in [2.24, 2.45) is 0 Å². The van der Waals surface area contributed by atoms with Crippen LogP contribution in [-0.2, 0) is 45.1 Å². The Labute approximate surface area is 238 Å². The summed E-state index contributed by atoms with van der Waals surface area (Å²) in [5.41, 5.74) is 4.47. The summed E-state index contributed by atoms with van der Waals surface area (Å²) in [6.07, 6.45) is 2.86. The second kappa shape index (κ2) is 12.8. The molecule has 2 saturated heterocycles. The maximum absolute atomic E-state index is 12.4. The summed E-state index contributed by atoms with van der Waals surface area (Å²) in [4.78, 5) is 4.63. The normalized spacial score (nSPS) is 19.9. The second-order valence-electron chi connectivity index (χ2n) is 10.3. The van der Waals surface area contributed by atoms with Gasteiger partial charge >= 0.3 is 0 Å². The smallest absolute Gasteiger partial charge is 0.211 e. The molecule has 212 valence electrons. The first-order chi connectivity index (χ1) is 18.8. The minimum Gasteiger partial charge on any atom is -0.379 e. The van der Waals surface area contributed by atoms with E-state index in [2.05, 4.69) is 26.3 Å². The van der Waals surface area contributed by atoms with Crippen molar-refractivity contribution in [3.8, 4) is 23.1 Å². The van der Waals surface area contributed by atoms with Gasteiger partial charge in [-0.05, 0) is 18.6 Å². The van der Waals surface area contributed by atoms with Crippen molar-refractivity contribution in [2.75, 3.05) is 76.8 Å². The van der Waals surface area contributed by atoms with Gasteiger partial charge in [0.15, 0.2) is 0 Å². The van der Waals surface area contributed by atoms with E-state index in [4.69, 9.17) is 21.4 Å². The highest BCUT2D eigenvalue weighted by Crippen LogP contribution is 2.33. The van der Waals surface area contributed by atoms with E-state index >= 15 is 0 Å². The Bertz CT molecular complexity index is 1370. The van der Waals surface area contributed by atoms with Gasteiger partial charge in [-0.2, -0.15) is 9.40 Å². The molecule has 3 aliphatic heterocycles. The van der Waals surface area contributed by atoms with Crippen molar-refractivity contribution in [3.05, 3.63) is 40.0 Å². The van der Waals surface area contributed by atoms with E-state index in [0.29, 0.717) is 42.6 Å². The van der Waals surface area contributed by atoms with Crippen LogP contribution in [0, 0.1) is 11.8 Å². The summed E-state index contributed by atoms with van der Waals surface area (Å²) >= 11 is 6.52. The number of benzene rings is 1. The first-order valence-corrected chi connectivity index (χ1v) is 17.2. The fraction of sp³-hybridized carbons (Fsp3) is 0.593. The summed E-state index contributed by atoms with van der Waals surface area (Å²) in [7, 11) is -4.03. The molecule has 0 N–H and O–H groups in total. The summed E-state index contributed by atoms with van der Waals surface area (Å²) in [6, 6.07) is 5.74. The average molecular weight is 594 g/mol. The van der Waals surface area contributed by atoms with E-state index in [0.717, 1.165) is 87.0 Å². The Morgan fingerprint density at radius 2 is 1.85 bits per heavy atom. The molecule has 4 heterocycles. The number of aryl methyl sites for hydroxylation is 1. The van der Waals surface area contributed by atoms with Crippen LogP contribution in [0.15, 0.2) is 18.2 Å². The minimum atomic E-state index is -3.32. The minimum absolute atomic E-state index is 0.312. The van der Waals surface area contributed by atoms with Crippen molar-refractivity contribution < 1.29 is 17.4 Å². The van der Waals surface area contributed by atoms with Gasteiger partial charge in [-0.1, -0.05) is 29.5 Å². The fourth-order valence-electron chi connectivity index (χ4n) is 5.28. The van der Waals surface area contributed by atoms with E-state index in [1.165, 1.54) is 10.6 Å². The monoisotopic (exact) mass is 593 g/mol. The third-order valence-corrected chi connectivity index (χ3v) is 10.4. The fourth-order valence-corrected chi connectivity index (χ4v) is 7.36. The molecule has 9 nitrogen and oxygen atoms in total. The SMILES string of the molecule is CS(=O)(=O)N1CCc2c(c(-c3ccc(Cl)c(C#CCN4CCS(=O)CC4)c3)nn2CCCN2CCOCC2)C1. The Balaban J connectivity index is 1.38. The average Bonchev–Trinajstić information content (AvgIpc) is 3.29. The standard InChI is InChI=1S/C27H36ClN5O4S2/c1-39(35,36)32-11-7-26-24(21-32)27(29-33(26)10-3-9-30-12-16-37-17-13-30)23-5-6-25(28)22(20-23)4-2-8-31-14-18-38(34)19-15-31/h5-6,20H,3,7-19,21H2,1H3. The van der Waals surface area contributed by atoms with Crippen LogP contribution in [0.5, 0.6) is 0 Å². The van der Waals surface area contributed by atoms with Gasteiger partial charge in [-0.25, -0.2) is 8.42 Å². The van der Waals surface area contributed by atoms with Gasteiger partial charge in [-0.15, -0.1) is 0 Å². The molecular weight excluding hydrogens is 558 g/mol. The third kappa shape index (κ3) is 7.30. The molecule has 0 saturated carbocycles. The summed E-state index contributed by atoms with van der Waals surface area (Å²) in [5.74, 6) is 7.84. The molecule has 3 aliphatic rings. The molecule has 1 aromatic heterocycles. The van der Waals surface area contributed by atoms with Crippen LogP contribution < -0.4 is 0 Å². The first kappa shape index (κ1) is 28.7. The Kier molecular flexibility index (Phi) is 9.44. The lowest BCUT2D eigenvalue weighted by molar-refractivity contribution is 0.0368. The summed E-state index contributed by atoms with van der Waals surface area (Å²) in [6.45, 7) is 8.20. The first-order valence-electron chi connectivity index (χ1n) is 13.5. The molecule has 1 aromatic carbocycles. The van der Waals surface area contributed by atoms with Crippen LogP contribution in [0.25, 0.3) is 11.3 Å². The van der Waals surface area contributed by atoms with Crippen molar-refractivity contribution in [2.45, 2.75) is 25.9 Å². The lowest BCUT2D eigenvalue weighted by Crippen LogP contribution is -2.37. The lowest BCUT2D eigenvalue weighted by atomic mass is 10.0. The number of morpholine rings is 1. The maximum atomic E-state index is 12.4. The predicted molar refractivity (Wildman–Crippen MR) is 155 cm³/mol. The molecular formula is C27H36ClN5O4S2. The predicted octanol–water partition coefficient (Wildman–Crippen LogP) is 1.66. The van der Waals surface area contributed by atoms with Crippen molar-refractivity contribution in [3.63, 3.8) is 0 Å². The van der Waals surface area contributed by atoms with Gasteiger partial charge in [0.05, 0.1) is 36.7 Å². The highest BCUT2D eigenvalue weighted by molar-refractivity contribution is 7.88. The van der Waals surface area contributed by atoms with Crippen LogP contribution in [0.1, 0.15) is 23.2 Å². The molecule has 2 aromatic rings. The zero-order valence-corrected chi connectivity index (χ0v) is 24.8. The van der Waals surface area contributed by atoms with E-state index in [-0.39, 0.29) is 0 Å². The maximum Gasteiger partial charge on any atom is 0.211 e. The Morgan fingerprint density at radius 1 is 1.08 bits per heavy atom. The largest absolute Gasteiger partial charge is 0.379 e. The molecule has 0 spiro atoms. The van der Waals surface area contributed by atoms with Crippen LogP contribution in [0.3, 0.4) is 0 Å². The molecule has 5 rings (SSSR count). The van der Waals surface area contributed by atoms with Gasteiger partial charge in [0.1, 0.15) is 0 Å². The zero-order valence-electron chi connectivity index (χ0n) is 22.4. The second-order valence-corrected chi connectivity index (χ2v) is 14.4. The lowest BCUT2D eigenvalue weighted by Gasteiger charge is -2.27. The molecule has 2 fully saturated rings. The number of hydrogen-bond donors (Lipinski definition) is 0. The number of nitrogens with zero attached hydrogens (tertiary/aromatic N) is 5. The topological polar surface area (TPSA) is 88.0 Å². The molecule has 0 bridgehead atoms. The van der Waals surface area contributed by atoms with Crippen molar-refractivity contribution >= 4 is 32.4 Å². The number of aromatic nitrogens is 2. The van der Waals surface area contributed by atoms with Gasteiger partial charge < -0.3 is 4.74 Å². The summed E-state index contributed by atoms with van der Waals surface area (Å²) in [5, 5.41) is 5.59. The van der Waals surface area contributed by atoms with Crippen LogP contribution >= 0.6 is 11.6 Å². The van der Waals surface area contributed by atoms with Crippen LogP contribution in [0.2, 0.25) is 5.02 Å². The number of fused-ring (bicyclic) bond motifs is 1. The highest BCUT2D eigenvalue weighted by Gasteiger charge is 2.30. The Hall–Kier alpha value is -1.78. The highest BCUT2D eigenvalue weighted by atomic mass is 35.5. The number of hydrogen-bond acceptors (Lipinski definition) is 7. The Morgan fingerprint density at radius 3 is 2.59 bits per heavy atom. The van der Waals surface area contributed by atoms with Gasteiger partial charge in [-0.3, -0.25) is 18.7 Å². The molecule has 12 heteroatoms. The summed E-state index contributed by atoms with van der Waals surface area (Å²) < 4.78 is 45.5. The van der Waals surface area contributed by atoms with Crippen molar-refractivity contribution in [1.29, 1.82) is 0 Å². The van der Waals surface area contributed by atoms with E-state index < -0.39 is 20.8 Å². The third-order valence-electron chi connectivity index (χ3n) is 7.55. The number of ether oxygens (including phenoxy) is 1. The van der Waals surface area contributed by atoms with E-state index in [1.54, 1.807) is 0 Å². The van der Waals surface area contributed by atoms with Crippen molar-refractivity contribution in [1.82, 2.24) is 23.9 Å². The van der Waals surface area contributed by atoms with Gasteiger partial charge in [0.2, 0.25) is 10.0 Å². The van der Waals surface area contributed by atoms with Gasteiger partial charge in [0.25, 0.3) is 0 Å². The number of halogens is 1. The van der Waals surface area contributed by atoms with Gasteiger partial charge in [0, 0.05) is 103 Å². The molecule has 0 aliphatic carbocycles. The van der Waals surface area contributed by atoms with Crippen LogP contribution in [-0.4, -0.2) is 113 Å².